The van der Waals surface area contributed by atoms with Gasteiger partial charge in [-0.3, -0.25) is 9.69 Å². The molecule has 2 aliphatic rings. The minimum absolute atomic E-state index is 0.0474. The van der Waals surface area contributed by atoms with Gasteiger partial charge in [0.1, 0.15) is 5.70 Å². The van der Waals surface area contributed by atoms with Gasteiger partial charge in [0.25, 0.3) is 5.91 Å². The van der Waals surface area contributed by atoms with E-state index in [1.54, 1.807) is 4.90 Å². The summed E-state index contributed by atoms with van der Waals surface area (Å²) in [6.45, 7) is 6.92. The zero-order chi connectivity index (χ0) is 15.7. The predicted octanol–water partition coefficient (Wildman–Crippen LogP) is 2.67. The van der Waals surface area contributed by atoms with Gasteiger partial charge in [-0.05, 0) is 68.2 Å². The van der Waals surface area contributed by atoms with Crippen molar-refractivity contribution in [1.29, 1.82) is 0 Å². The molecule has 0 bridgehead atoms. The number of carbonyl (C=O) groups excluding carboxylic acids is 1. The molecule has 2 fully saturated rings. The largest absolute Gasteiger partial charge is 0.371 e. The number of amides is 1. The molecule has 4 nitrogen and oxygen atoms in total. The summed E-state index contributed by atoms with van der Waals surface area (Å²) in [6.07, 6.45) is 4.42. The second-order valence-electron chi connectivity index (χ2n) is 5.78. The van der Waals surface area contributed by atoms with E-state index in [9.17, 15) is 4.79 Å². The summed E-state index contributed by atoms with van der Waals surface area (Å²) in [6, 6.07) is 6.36. The van der Waals surface area contributed by atoms with Crippen molar-refractivity contribution < 1.29 is 4.79 Å². The number of anilines is 1. The van der Waals surface area contributed by atoms with E-state index in [1.807, 2.05) is 13.0 Å². The van der Waals surface area contributed by atoms with Gasteiger partial charge in [0.15, 0.2) is 5.11 Å². The van der Waals surface area contributed by atoms with Gasteiger partial charge in [0.05, 0.1) is 0 Å². The van der Waals surface area contributed by atoms with Crippen molar-refractivity contribution in [1.82, 2.24) is 10.2 Å². The zero-order valence-electron chi connectivity index (χ0n) is 13.1. The first kappa shape index (κ1) is 15.0. The lowest BCUT2D eigenvalue weighted by Gasteiger charge is -2.20. The summed E-state index contributed by atoms with van der Waals surface area (Å²) in [5.41, 5.74) is 4.13. The van der Waals surface area contributed by atoms with Gasteiger partial charge in [0, 0.05) is 25.3 Å². The minimum Gasteiger partial charge on any atom is -0.371 e. The molecule has 0 saturated carbocycles. The lowest BCUT2D eigenvalue weighted by Crippen LogP contribution is -2.30. The highest BCUT2D eigenvalue weighted by atomic mass is 32.1. The van der Waals surface area contributed by atoms with Gasteiger partial charge < -0.3 is 10.2 Å². The number of nitrogens with one attached hydrogen (secondary N) is 1. The van der Waals surface area contributed by atoms with Crippen LogP contribution in [-0.2, 0) is 4.79 Å². The Hall–Kier alpha value is -1.88. The van der Waals surface area contributed by atoms with Crippen molar-refractivity contribution in [3.63, 3.8) is 0 Å². The van der Waals surface area contributed by atoms with Crippen LogP contribution in [0.3, 0.4) is 0 Å². The van der Waals surface area contributed by atoms with Crippen LogP contribution in [0.15, 0.2) is 23.9 Å². The van der Waals surface area contributed by atoms with E-state index >= 15 is 0 Å². The minimum atomic E-state index is -0.0474. The maximum Gasteiger partial charge on any atom is 0.276 e. The lowest BCUT2D eigenvalue weighted by atomic mass is 10.1. The number of likely N-dealkylation sites (N-methyl/N-ethyl adjacent to an activating group) is 1. The fourth-order valence-electron chi connectivity index (χ4n) is 3.11. The molecule has 1 amide bonds. The van der Waals surface area contributed by atoms with Crippen molar-refractivity contribution in [2.45, 2.75) is 26.7 Å². The third-order valence-corrected chi connectivity index (χ3v) is 4.58. The zero-order valence-corrected chi connectivity index (χ0v) is 13.9. The summed E-state index contributed by atoms with van der Waals surface area (Å²) in [5, 5.41) is 3.49. The van der Waals surface area contributed by atoms with E-state index in [0.717, 1.165) is 18.7 Å². The van der Waals surface area contributed by atoms with Crippen molar-refractivity contribution >= 4 is 35.0 Å². The van der Waals surface area contributed by atoms with Crippen LogP contribution >= 0.6 is 12.2 Å². The first-order chi connectivity index (χ1) is 10.6. The van der Waals surface area contributed by atoms with Crippen LogP contribution in [-0.4, -0.2) is 35.6 Å². The molecule has 116 valence electrons. The standard InChI is InChI=1S/C17H21N3OS/c1-3-20-16(21)14(18-17(20)22)11-13-6-7-15(12(2)10-13)19-8-4-5-9-19/h6-7,10-11H,3-5,8-9H2,1-2H3,(H,18,22)/b14-11-. The van der Waals surface area contributed by atoms with Gasteiger partial charge in [-0.1, -0.05) is 6.07 Å². The number of carbonyl (C=O) groups is 1. The fourth-order valence-corrected chi connectivity index (χ4v) is 3.43. The Morgan fingerprint density at radius 1 is 1.32 bits per heavy atom. The molecule has 2 saturated heterocycles. The van der Waals surface area contributed by atoms with Crippen LogP contribution < -0.4 is 10.2 Å². The number of nitrogens with zero attached hydrogens (tertiary/aromatic N) is 2. The summed E-state index contributed by atoms with van der Waals surface area (Å²) < 4.78 is 0. The van der Waals surface area contributed by atoms with E-state index in [2.05, 4.69) is 35.3 Å². The van der Waals surface area contributed by atoms with Crippen LogP contribution in [0, 0.1) is 6.92 Å². The van der Waals surface area contributed by atoms with Crippen molar-refractivity contribution in [2.24, 2.45) is 0 Å². The van der Waals surface area contributed by atoms with Gasteiger partial charge in [0.2, 0.25) is 0 Å². The summed E-state index contributed by atoms with van der Waals surface area (Å²) in [7, 11) is 0. The molecular weight excluding hydrogens is 294 g/mol. The molecule has 0 aliphatic carbocycles. The van der Waals surface area contributed by atoms with E-state index in [-0.39, 0.29) is 5.91 Å². The summed E-state index contributed by atoms with van der Waals surface area (Å²) >= 11 is 5.18. The Balaban J connectivity index is 1.84. The Kier molecular flexibility index (Phi) is 4.16. The average Bonchev–Trinajstić information content (AvgIpc) is 3.09. The number of benzene rings is 1. The Bertz CT molecular complexity index is 647. The summed E-state index contributed by atoms with van der Waals surface area (Å²) in [5.74, 6) is -0.0474. The highest BCUT2D eigenvalue weighted by Gasteiger charge is 2.29. The Morgan fingerprint density at radius 2 is 2.05 bits per heavy atom. The van der Waals surface area contributed by atoms with Crippen LogP contribution in [0.25, 0.3) is 6.08 Å². The van der Waals surface area contributed by atoms with E-state index in [0.29, 0.717) is 17.4 Å². The fraction of sp³-hybridized carbons (Fsp3) is 0.412. The van der Waals surface area contributed by atoms with Crippen LogP contribution in [0.5, 0.6) is 0 Å². The molecule has 22 heavy (non-hydrogen) atoms. The SMILES string of the molecule is CCN1C(=O)/C(=C/c2ccc(N3CCCC3)c(C)c2)NC1=S. The second-order valence-corrected chi connectivity index (χ2v) is 6.16. The number of rotatable bonds is 3. The maximum absolute atomic E-state index is 12.2. The molecule has 0 aromatic heterocycles. The first-order valence-electron chi connectivity index (χ1n) is 7.80. The van der Waals surface area contributed by atoms with E-state index < -0.39 is 0 Å². The highest BCUT2D eigenvalue weighted by Crippen LogP contribution is 2.26. The average molecular weight is 315 g/mol. The van der Waals surface area contributed by atoms with Gasteiger partial charge in [-0.25, -0.2) is 0 Å². The van der Waals surface area contributed by atoms with Gasteiger partial charge in [-0.15, -0.1) is 0 Å². The predicted molar refractivity (Wildman–Crippen MR) is 93.7 cm³/mol. The topological polar surface area (TPSA) is 35.6 Å². The Labute approximate surface area is 136 Å². The molecule has 5 heteroatoms. The van der Waals surface area contributed by atoms with Gasteiger partial charge in [-0.2, -0.15) is 0 Å². The van der Waals surface area contributed by atoms with Crippen LogP contribution in [0.4, 0.5) is 5.69 Å². The second kappa shape index (κ2) is 6.08. The smallest absolute Gasteiger partial charge is 0.276 e. The summed E-state index contributed by atoms with van der Waals surface area (Å²) in [4.78, 5) is 16.2. The molecule has 1 aromatic rings. The number of hydrogen-bond donors (Lipinski definition) is 1. The van der Waals surface area contributed by atoms with Crippen LogP contribution in [0.1, 0.15) is 30.9 Å². The van der Waals surface area contributed by atoms with Crippen LogP contribution in [0.2, 0.25) is 0 Å². The molecule has 1 aromatic carbocycles. The van der Waals surface area contributed by atoms with E-state index in [4.69, 9.17) is 12.2 Å². The maximum atomic E-state index is 12.2. The molecule has 0 spiro atoms. The molecule has 2 aliphatic heterocycles. The number of thiocarbonyl (C=S) groups is 1. The number of hydrogen-bond acceptors (Lipinski definition) is 3. The molecule has 0 unspecified atom stereocenters. The highest BCUT2D eigenvalue weighted by molar-refractivity contribution is 7.80. The van der Waals surface area contributed by atoms with Gasteiger partial charge >= 0.3 is 0 Å². The lowest BCUT2D eigenvalue weighted by molar-refractivity contribution is -0.122. The molecule has 2 heterocycles. The molecule has 0 atom stereocenters. The molecule has 1 N–H and O–H groups in total. The normalized spacial score (nSPS) is 20.2. The molecule has 0 radical (unpaired) electrons. The van der Waals surface area contributed by atoms with E-state index in [1.165, 1.54) is 24.1 Å². The first-order valence-corrected chi connectivity index (χ1v) is 8.21. The van der Waals surface area contributed by atoms with Crippen molar-refractivity contribution in [3.8, 4) is 0 Å². The Morgan fingerprint density at radius 3 is 2.64 bits per heavy atom. The monoisotopic (exact) mass is 315 g/mol. The third kappa shape index (κ3) is 2.73. The quantitative estimate of drug-likeness (QED) is 0.687. The van der Waals surface area contributed by atoms with Crippen molar-refractivity contribution in [2.75, 3.05) is 24.5 Å². The molecular formula is C17H21N3OS. The molecule has 3 rings (SSSR count). The number of aryl methyl sites for hydroxylation is 1. The van der Waals surface area contributed by atoms with Crippen molar-refractivity contribution in [3.05, 3.63) is 35.0 Å². The third-order valence-electron chi connectivity index (χ3n) is 4.26.